The van der Waals surface area contributed by atoms with Gasteiger partial charge in [-0.1, -0.05) is 17.3 Å². The molecule has 0 saturated heterocycles. The topological polar surface area (TPSA) is 61.9 Å². The average Bonchev–Trinajstić information content (AvgIpc) is 2.89. The largest absolute Gasteiger partial charge is 0.409 e. The molecule has 3 rings (SSSR count). The van der Waals surface area contributed by atoms with Crippen LogP contribution in [0.1, 0.15) is 11.1 Å². The molecular weight excluding hydrogens is 337 g/mol. The molecule has 0 aliphatic carbocycles. The molecule has 0 aromatic heterocycles. The van der Waals surface area contributed by atoms with E-state index in [0.717, 1.165) is 34.4 Å². The third kappa shape index (κ3) is 2.35. The first-order valence-electron chi connectivity index (χ1n) is 6.44. The van der Waals surface area contributed by atoms with Gasteiger partial charge in [-0.3, -0.25) is 0 Å². The van der Waals surface area contributed by atoms with Crippen LogP contribution in [-0.4, -0.2) is 17.6 Å². The number of fused-ring (bicyclic) bond motifs is 1. The Kier molecular flexibility index (Phi) is 3.55. The van der Waals surface area contributed by atoms with E-state index in [4.69, 9.17) is 10.9 Å². The predicted molar refractivity (Wildman–Crippen MR) is 83.8 cm³/mol. The van der Waals surface area contributed by atoms with Crippen molar-refractivity contribution in [1.82, 2.24) is 0 Å². The molecule has 1 heterocycles. The molecule has 0 radical (unpaired) electrons. The van der Waals surface area contributed by atoms with Gasteiger partial charge < -0.3 is 15.8 Å². The second kappa shape index (κ2) is 5.37. The molecule has 21 heavy (non-hydrogen) atoms. The van der Waals surface area contributed by atoms with Crippen molar-refractivity contribution in [3.8, 4) is 0 Å². The van der Waals surface area contributed by atoms with Crippen LogP contribution < -0.4 is 10.6 Å². The zero-order valence-electron chi connectivity index (χ0n) is 11.1. The Morgan fingerprint density at radius 2 is 2.10 bits per heavy atom. The number of benzene rings is 2. The van der Waals surface area contributed by atoms with Crippen molar-refractivity contribution < 1.29 is 9.60 Å². The summed E-state index contributed by atoms with van der Waals surface area (Å²) in [5.41, 5.74) is 9.06. The minimum absolute atomic E-state index is 0.0160. The van der Waals surface area contributed by atoms with Gasteiger partial charge in [0, 0.05) is 16.7 Å². The summed E-state index contributed by atoms with van der Waals surface area (Å²) in [6, 6.07) is 10.3. The monoisotopic (exact) mass is 349 g/mol. The zero-order valence-corrected chi connectivity index (χ0v) is 12.6. The highest BCUT2D eigenvalue weighted by atomic mass is 79.9. The average molecular weight is 350 g/mol. The molecule has 0 unspecified atom stereocenters. The van der Waals surface area contributed by atoms with Crippen LogP contribution in [-0.2, 0) is 6.42 Å². The number of hydrogen-bond donors (Lipinski definition) is 2. The van der Waals surface area contributed by atoms with Gasteiger partial charge in [-0.25, -0.2) is 4.39 Å². The fraction of sp³-hybridized carbons (Fsp3) is 0.133. The van der Waals surface area contributed by atoms with Gasteiger partial charge in [0.1, 0.15) is 5.82 Å². The molecular formula is C15H13BrFN3O. The molecule has 1 aliphatic heterocycles. The minimum Gasteiger partial charge on any atom is -0.409 e. The summed E-state index contributed by atoms with van der Waals surface area (Å²) in [5.74, 6) is -0.261. The van der Waals surface area contributed by atoms with Gasteiger partial charge in [0.15, 0.2) is 5.84 Å². The minimum atomic E-state index is -0.277. The molecule has 2 aromatic carbocycles. The third-order valence-electron chi connectivity index (χ3n) is 3.59. The molecule has 4 nitrogen and oxygen atoms in total. The summed E-state index contributed by atoms with van der Waals surface area (Å²) in [4.78, 5) is 1.98. The fourth-order valence-corrected chi connectivity index (χ4v) is 3.20. The van der Waals surface area contributed by atoms with Crippen LogP contribution in [0.5, 0.6) is 0 Å². The van der Waals surface area contributed by atoms with Crippen LogP contribution in [0.15, 0.2) is 46.0 Å². The lowest BCUT2D eigenvalue weighted by Crippen LogP contribution is -2.21. The highest BCUT2D eigenvalue weighted by Gasteiger charge is 2.24. The zero-order chi connectivity index (χ0) is 15.0. The van der Waals surface area contributed by atoms with Gasteiger partial charge >= 0.3 is 0 Å². The molecule has 6 heteroatoms. The number of hydrogen-bond acceptors (Lipinski definition) is 3. The van der Waals surface area contributed by atoms with Crippen molar-refractivity contribution in [1.29, 1.82) is 0 Å². The molecule has 0 saturated carbocycles. The van der Waals surface area contributed by atoms with Crippen molar-refractivity contribution in [3.05, 3.63) is 57.8 Å². The van der Waals surface area contributed by atoms with E-state index in [1.807, 2.05) is 23.1 Å². The van der Waals surface area contributed by atoms with Crippen LogP contribution in [0.3, 0.4) is 0 Å². The SMILES string of the molecule is N/C(=N/O)c1c(Br)cccc1N1CCc2ccc(F)cc21. The van der Waals surface area contributed by atoms with Crippen LogP contribution >= 0.6 is 15.9 Å². The first kappa shape index (κ1) is 13.9. The first-order chi connectivity index (χ1) is 10.1. The van der Waals surface area contributed by atoms with E-state index in [2.05, 4.69) is 21.1 Å². The van der Waals surface area contributed by atoms with Gasteiger partial charge in [0.05, 0.1) is 11.3 Å². The maximum atomic E-state index is 13.5. The van der Waals surface area contributed by atoms with Gasteiger partial charge in [0.2, 0.25) is 0 Å². The summed E-state index contributed by atoms with van der Waals surface area (Å²) < 4.78 is 14.3. The normalized spacial score (nSPS) is 14.4. The van der Waals surface area contributed by atoms with Crippen LogP contribution in [0.2, 0.25) is 0 Å². The first-order valence-corrected chi connectivity index (χ1v) is 7.23. The number of nitrogens with zero attached hydrogens (tertiary/aromatic N) is 2. The quantitative estimate of drug-likeness (QED) is 0.378. The lowest BCUT2D eigenvalue weighted by Gasteiger charge is -2.23. The van der Waals surface area contributed by atoms with Crippen molar-refractivity contribution in [2.24, 2.45) is 10.9 Å². The van der Waals surface area contributed by atoms with Gasteiger partial charge in [0.25, 0.3) is 0 Å². The fourth-order valence-electron chi connectivity index (χ4n) is 2.64. The summed E-state index contributed by atoms with van der Waals surface area (Å²) in [6.45, 7) is 0.723. The van der Waals surface area contributed by atoms with Gasteiger partial charge in [-0.2, -0.15) is 0 Å². The highest BCUT2D eigenvalue weighted by Crippen LogP contribution is 2.38. The Morgan fingerprint density at radius 3 is 2.86 bits per heavy atom. The third-order valence-corrected chi connectivity index (χ3v) is 4.25. The molecule has 108 valence electrons. The second-order valence-electron chi connectivity index (χ2n) is 4.79. The second-order valence-corrected chi connectivity index (χ2v) is 5.65. The lowest BCUT2D eigenvalue weighted by atomic mass is 10.1. The van der Waals surface area contributed by atoms with Crippen molar-refractivity contribution in [2.45, 2.75) is 6.42 Å². The molecule has 0 atom stereocenters. The van der Waals surface area contributed by atoms with Crippen molar-refractivity contribution in [2.75, 3.05) is 11.4 Å². The van der Waals surface area contributed by atoms with Crippen molar-refractivity contribution in [3.63, 3.8) is 0 Å². The predicted octanol–water partition coefficient (Wildman–Crippen LogP) is 3.38. The molecule has 0 bridgehead atoms. The summed E-state index contributed by atoms with van der Waals surface area (Å²) in [6.07, 6.45) is 0.831. The Labute approximate surface area is 129 Å². The molecule has 0 spiro atoms. The van der Waals surface area contributed by atoms with E-state index in [1.54, 1.807) is 6.07 Å². The molecule has 2 aromatic rings. The lowest BCUT2D eigenvalue weighted by molar-refractivity contribution is 0.318. The van der Waals surface area contributed by atoms with E-state index in [1.165, 1.54) is 12.1 Å². The van der Waals surface area contributed by atoms with E-state index in [9.17, 15) is 4.39 Å². The number of anilines is 2. The van der Waals surface area contributed by atoms with Gasteiger partial charge in [-0.05, 0) is 52.2 Å². The number of amidine groups is 1. The summed E-state index contributed by atoms with van der Waals surface area (Å²) in [7, 11) is 0. The van der Waals surface area contributed by atoms with Crippen LogP contribution in [0, 0.1) is 5.82 Å². The number of halogens is 2. The Balaban J connectivity index is 2.16. The Morgan fingerprint density at radius 1 is 1.29 bits per heavy atom. The molecule has 0 fully saturated rings. The molecule has 0 amide bonds. The van der Waals surface area contributed by atoms with E-state index in [0.29, 0.717) is 5.56 Å². The Bertz CT molecular complexity index is 733. The van der Waals surface area contributed by atoms with Crippen LogP contribution in [0.4, 0.5) is 15.8 Å². The maximum absolute atomic E-state index is 13.5. The molecule has 3 N–H and O–H groups in total. The molecule has 1 aliphatic rings. The van der Waals surface area contributed by atoms with E-state index < -0.39 is 0 Å². The summed E-state index contributed by atoms with van der Waals surface area (Å²) >= 11 is 3.42. The van der Waals surface area contributed by atoms with E-state index >= 15 is 0 Å². The highest BCUT2D eigenvalue weighted by molar-refractivity contribution is 9.10. The standard InChI is InChI=1S/C15H13BrFN3O/c16-11-2-1-3-12(14(11)15(18)19-21)20-7-6-9-4-5-10(17)8-13(9)20/h1-5,8,21H,6-7H2,(H2,18,19). The smallest absolute Gasteiger partial charge is 0.173 e. The Hall–Kier alpha value is -2.08. The van der Waals surface area contributed by atoms with Crippen LogP contribution in [0.25, 0.3) is 0 Å². The number of rotatable bonds is 2. The summed E-state index contributed by atoms with van der Waals surface area (Å²) in [5, 5.41) is 12.1. The maximum Gasteiger partial charge on any atom is 0.173 e. The van der Waals surface area contributed by atoms with Crippen molar-refractivity contribution >= 4 is 33.1 Å². The van der Waals surface area contributed by atoms with E-state index in [-0.39, 0.29) is 11.7 Å². The number of oxime groups is 1. The number of nitrogens with two attached hydrogens (primary N) is 1. The van der Waals surface area contributed by atoms with Gasteiger partial charge in [-0.15, -0.1) is 0 Å².